The first-order chi connectivity index (χ1) is 12.6. The summed E-state index contributed by atoms with van der Waals surface area (Å²) in [6, 6.07) is 12.3. The van der Waals surface area contributed by atoms with Gasteiger partial charge in [0.1, 0.15) is 0 Å². The van der Waals surface area contributed by atoms with Crippen LogP contribution in [0.5, 0.6) is 0 Å². The molecular weight excluding hydrogens is 330 g/mol. The molecule has 0 radical (unpaired) electrons. The van der Waals surface area contributed by atoms with Gasteiger partial charge in [-0.1, -0.05) is 30.4 Å². The third-order valence-corrected chi connectivity index (χ3v) is 5.35. The molecule has 26 heavy (non-hydrogen) atoms. The van der Waals surface area contributed by atoms with Crippen molar-refractivity contribution in [1.82, 2.24) is 9.47 Å². The van der Waals surface area contributed by atoms with Crippen LogP contribution in [-0.4, -0.2) is 34.0 Å². The number of rotatable bonds is 4. The highest BCUT2D eigenvalue weighted by Gasteiger charge is 2.33. The van der Waals surface area contributed by atoms with E-state index >= 15 is 0 Å². The Morgan fingerprint density at radius 3 is 2.81 bits per heavy atom. The number of hydrogen-bond acceptors (Lipinski definition) is 4. The van der Waals surface area contributed by atoms with E-state index in [1.807, 2.05) is 28.9 Å². The predicted molar refractivity (Wildman–Crippen MR) is 100 cm³/mol. The molecule has 1 fully saturated rings. The van der Waals surface area contributed by atoms with Gasteiger partial charge in [-0.05, 0) is 24.5 Å². The second-order valence-corrected chi connectivity index (χ2v) is 7.13. The first-order valence-corrected chi connectivity index (χ1v) is 8.94. The van der Waals surface area contributed by atoms with E-state index < -0.39 is 0 Å². The van der Waals surface area contributed by atoms with Crippen molar-refractivity contribution >= 4 is 11.8 Å². The first-order valence-electron chi connectivity index (χ1n) is 8.94. The molecule has 6 nitrogen and oxygen atoms in total. The molecule has 2 aliphatic heterocycles. The van der Waals surface area contributed by atoms with Crippen molar-refractivity contribution < 1.29 is 4.92 Å². The topological polar surface area (TPSA) is 68.4 Å². The van der Waals surface area contributed by atoms with Gasteiger partial charge in [0.25, 0.3) is 11.2 Å². The Labute approximate surface area is 151 Å². The van der Waals surface area contributed by atoms with Crippen LogP contribution in [0.15, 0.2) is 53.3 Å². The highest BCUT2D eigenvalue weighted by molar-refractivity contribution is 5.60. The lowest BCUT2D eigenvalue weighted by Crippen LogP contribution is -2.46. The molecule has 2 bridgehead atoms. The summed E-state index contributed by atoms with van der Waals surface area (Å²) in [6.45, 7) is 3.42. The van der Waals surface area contributed by atoms with Gasteiger partial charge in [-0.3, -0.25) is 19.8 Å². The maximum Gasteiger partial charge on any atom is 0.276 e. The van der Waals surface area contributed by atoms with E-state index in [2.05, 4.69) is 11.0 Å². The standard InChI is InChI=1S/C20H21N3O3/c24-20-9-3-8-18-17-11-15(13-22(18)20)12-21(14-17)10-4-6-16-5-1-2-7-19(16)23(25)26/h1-9,15,17H,10-14H2/b6-4+/t15-,17+/m0/s1. The Morgan fingerprint density at radius 1 is 1.12 bits per heavy atom. The van der Waals surface area contributed by atoms with Crippen LogP contribution in [0, 0.1) is 16.0 Å². The SMILES string of the molecule is O=c1cccc2n1C[C@H]1C[C@@H]2CN(C/C=C/c2ccccc2[N+](=O)[O-])C1. The van der Waals surface area contributed by atoms with E-state index in [1.54, 1.807) is 18.2 Å². The molecule has 0 aliphatic carbocycles. The van der Waals surface area contributed by atoms with E-state index in [-0.39, 0.29) is 16.2 Å². The highest BCUT2D eigenvalue weighted by Crippen LogP contribution is 2.34. The summed E-state index contributed by atoms with van der Waals surface area (Å²) in [5.41, 5.74) is 2.00. The molecule has 0 spiro atoms. The third kappa shape index (κ3) is 3.20. The quantitative estimate of drug-likeness (QED) is 0.627. The fourth-order valence-corrected chi connectivity index (χ4v) is 4.27. The Balaban J connectivity index is 1.47. The molecule has 0 saturated carbocycles. The molecule has 1 aromatic carbocycles. The van der Waals surface area contributed by atoms with E-state index in [4.69, 9.17) is 0 Å². The molecule has 3 heterocycles. The minimum absolute atomic E-state index is 0.0990. The van der Waals surface area contributed by atoms with Crippen molar-refractivity contribution in [3.63, 3.8) is 0 Å². The summed E-state index contributed by atoms with van der Waals surface area (Å²) in [7, 11) is 0. The van der Waals surface area contributed by atoms with Crippen molar-refractivity contribution in [1.29, 1.82) is 0 Å². The van der Waals surface area contributed by atoms with Crippen LogP contribution in [0.3, 0.4) is 0 Å². The summed E-state index contributed by atoms with van der Waals surface area (Å²) in [5.74, 6) is 0.872. The summed E-state index contributed by atoms with van der Waals surface area (Å²) < 4.78 is 1.93. The van der Waals surface area contributed by atoms with Crippen LogP contribution in [0.4, 0.5) is 5.69 Å². The number of aromatic nitrogens is 1. The lowest BCUT2D eigenvalue weighted by molar-refractivity contribution is -0.385. The lowest BCUT2D eigenvalue weighted by atomic mass is 9.83. The van der Waals surface area contributed by atoms with Crippen LogP contribution in [0.1, 0.15) is 23.6 Å². The van der Waals surface area contributed by atoms with Crippen molar-refractivity contribution in [3.05, 3.63) is 80.3 Å². The monoisotopic (exact) mass is 351 g/mol. The minimum Gasteiger partial charge on any atom is -0.312 e. The average molecular weight is 351 g/mol. The van der Waals surface area contributed by atoms with Gasteiger partial charge in [-0.2, -0.15) is 0 Å². The van der Waals surface area contributed by atoms with Gasteiger partial charge in [0.05, 0.1) is 10.5 Å². The number of para-hydroxylation sites is 1. The number of hydrogen-bond donors (Lipinski definition) is 0. The molecule has 0 N–H and O–H groups in total. The van der Waals surface area contributed by atoms with Gasteiger partial charge in [-0.25, -0.2) is 0 Å². The summed E-state index contributed by atoms with van der Waals surface area (Å²) in [5, 5.41) is 11.1. The van der Waals surface area contributed by atoms with Crippen LogP contribution in [-0.2, 0) is 6.54 Å². The first kappa shape index (κ1) is 16.7. The molecular formula is C20H21N3O3. The van der Waals surface area contributed by atoms with Crippen LogP contribution in [0.2, 0.25) is 0 Å². The zero-order chi connectivity index (χ0) is 18.1. The summed E-state index contributed by atoms with van der Waals surface area (Å²) in [6.07, 6.45) is 4.97. The van der Waals surface area contributed by atoms with Crippen molar-refractivity contribution in [2.24, 2.45) is 5.92 Å². The molecule has 1 aromatic heterocycles. The van der Waals surface area contributed by atoms with Crippen LogP contribution >= 0.6 is 0 Å². The fourth-order valence-electron chi connectivity index (χ4n) is 4.27. The number of nitrogens with zero attached hydrogens (tertiary/aromatic N) is 3. The smallest absolute Gasteiger partial charge is 0.276 e. The Morgan fingerprint density at radius 2 is 1.96 bits per heavy atom. The van der Waals surface area contributed by atoms with Gasteiger partial charge in [0, 0.05) is 49.9 Å². The number of benzene rings is 1. The number of nitro groups is 1. The molecule has 0 amide bonds. The molecule has 1 saturated heterocycles. The van der Waals surface area contributed by atoms with Crippen molar-refractivity contribution in [2.45, 2.75) is 18.9 Å². The predicted octanol–water partition coefficient (Wildman–Crippen LogP) is 2.89. The number of pyridine rings is 1. The van der Waals surface area contributed by atoms with Gasteiger partial charge in [0.2, 0.25) is 0 Å². The Hall–Kier alpha value is -2.73. The van der Waals surface area contributed by atoms with E-state index in [0.29, 0.717) is 17.4 Å². The Bertz CT molecular complexity index is 919. The number of likely N-dealkylation sites (tertiary alicyclic amines) is 1. The van der Waals surface area contributed by atoms with Crippen LogP contribution in [0.25, 0.3) is 6.08 Å². The molecule has 0 unspecified atom stereocenters. The van der Waals surface area contributed by atoms with E-state index in [9.17, 15) is 14.9 Å². The molecule has 2 aliphatic rings. The lowest BCUT2D eigenvalue weighted by Gasteiger charge is -2.42. The van der Waals surface area contributed by atoms with E-state index in [0.717, 1.165) is 38.3 Å². The molecule has 2 aromatic rings. The van der Waals surface area contributed by atoms with Gasteiger partial charge >= 0.3 is 0 Å². The Kier molecular flexibility index (Phi) is 4.42. The van der Waals surface area contributed by atoms with Gasteiger partial charge < -0.3 is 4.57 Å². The zero-order valence-corrected chi connectivity index (χ0v) is 14.5. The number of nitro benzene ring substituents is 1. The third-order valence-electron chi connectivity index (χ3n) is 5.35. The fraction of sp³-hybridized carbons (Fsp3) is 0.350. The van der Waals surface area contributed by atoms with Gasteiger partial charge in [-0.15, -0.1) is 0 Å². The second-order valence-electron chi connectivity index (χ2n) is 7.13. The average Bonchev–Trinajstić information content (AvgIpc) is 2.63. The molecule has 6 heteroatoms. The minimum atomic E-state index is -0.348. The number of piperidine rings is 1. The summed E-state index contributed by atoms with van der Waals surface area (Å²) >= 11 is 0. The molecule has 4 rings (SSSR count). The molecule has 2 atom stereocenters. The van der Waals surface area contributed by atoms with Crippen LogP contribution < -0.4 is 5.56 Å². The second kappa shape index (κ2) is 6.88. The highest BCUT2D eigenvalue weighted by atomic mass is 16.6. The van der Waals surface area contributed by atoms with Crippen molar-refractivity contribution in [2.75, 3.05) is 19.6 Å². The molecule has 134 valence electrons. The van der Waals surface area contributed by atoms with Crippen molar-refractivity contribution in [3.8, 4) is 0 Å². The van der Waals surface area contributed by atoms with E-state index in [1.165, 1.54) is 6.07 Å². The zero-order valence-electron chi connectivity index (χ0n) is 14.5. The maximum atomic E-state index is 12.1. The van der Waals surface area contributed by atoms with Gasteiger partial charge in [0.15, 0.2) is 0 Å². The number of fused-ring (bicyclic) bond motifs is 4. The maximum absolute atomic E-state index is 12.1. The normalized spacial score (nSPS) is 22.3. The summed E-state index contributed by atoms with van der Waals surface area (Å²) in [4.78, 5) is 25.2. The largest absolute Gasteiger partial charge is 0.312 e.